The van der Waals surface area contributed by atoms with E-state index in [9.17, 15) is 0 Å². The topological polar surface area (TPSA) is 25.8 Å². The third-order valence-corrected chi connectivity index (χ3v) is 0.975. The van der Waals surface area contributed by atoms with Crippen LogP contribution in [0.2, 0.25) is 0 Å². The summed E-state index contributed by atoms with van der Waals surface area (Å²) in [6.07, 6.45) is 4.05. The van der Waals surface area contributed by atoms with E-state index in [0.717, 1.165) is 12.1 Å². The van der Waals surface area contributed by atoms with Gasteiger partial charge >= 0.3 is 0 Å². The molecule has 50 valence electrons. The van der Waals surface area contributed by atoms with E-state index in [1.807, 2.05) is 6.92 Å². The molecule has 2 heteroatoms. The molecule has 0 aromatic carbocycles. The lowest BCUT2D eigenvalue weighted by Crippen LogP contribution is -1.80. The molecule has 0 aliphatic carbocycles. The van der Waals surface area contributed by atoms with Crippen molar-refractivity contribution in [3.63, 3.8) is 0 Å². The van der Waals surface area contributed by atoms with Crippen molar-refractivity contribution in [2.75, 3.05) is 0 Å². The summed E-state index contributed by atoms with van der Waals surface area (Å²) in [6, 6.07) is 1.79. The third-order valence-electron chi connectivity index (χ3n) is 0.975. The molecule has 1 heterocycles. The highest BCUT2D eigenvalue weighted by Gasteiger charge is 1.80. The van der Waals surface area contributed by atoms with Crippen LogP contribution in [0, 0.1) is 11.8 Å². The standard InChI is InChI=1S/C8H8N2/c1-2-3-4-8-5-6-9-7-10-8/h5-7H,2H2,1H3. The molecular weight excluding hydrogens is 124 g/mol. The zero-order valence-electron chi connectivity index (χ0n) is 5.83. The maximum atomic E-state index is 3.93. The van der Waals surface area contributed by atoms with Crippen LogP contribution in [0.15, 0.2) is 18.6 Å². The maximum absolute atomic E-state index is 3.93. The maximum Gasteiger partial charge on any atom is 0.116 e. The Balaban J connectivity index is 2.76. The van der Waals surface area contributed by atoms with Crippen LogP contribution in [0.5, 0.6) is 0 Å². The van der Waals surface area contributed by atoms with Gasteiger partial charge in [-0.1, -0.05) is 12.8 Å². The second-order valence-electron chi connectivity index (χ2n) is 1.75. The van der Waals surface area contributed by atoms with Crippen LogP contribution in [-0.4, -0.2) is 9.97 Å². The second-order valence-corrected chi connectivity index (χ2v) is 1.75. The molecule has 2 nitrogen and oxygen atoms in total. The van der Waals surface area contributed by atoms with Crippen molar-refractivity contribution in [3.8, 4) is 11.8 Å². The van der Waals surface area contributed by atoms with Gasteiger partial charge in [-0.3, -0.25) is 0 Å². The van der Waals surface area contributed by atoms with Gasteiger partial charge in [0.25, 0.3) is 0 Å². The van der Waals surface area contributed by atoms with Gasteiger partial charge in [-0.15, -0.1) is 0 Å². The summed E-state index contributed by atoms with van der Waals surface area (Å²) in [7, 11) is 0. The third kappa shape index (κ3) is 1.87. The van der Waals surface area contributed by atoms with Crippen LogP contribution in [0.1, 0.15) is 19.0 Å². The first-order chi connectivity index (χ1) is 4.93. The molecule has 0 spiro atoms. The summed E-state index contributed by atoms with van der Waals surface area (Å²) in [5.74, 6) is 5.82. The predicted molar refractivity (Wildman–Crippen MR) is 39.2 cm³/mol. The molecule has 0 unspecified atom stereocenters. The number of rotatable bonds is 0. The molecular formula is C8H8N2. The molecule has 0 amide bonds. The van der Waals surface area contributed by atoms with Gasteiger partial charge in [-0.25, -0.2) is 9.97 Å². The molecule has 0 saturated heterocycles. The second kappa shape index (κ2) is 3.62. The number of nitrogens with zero attached hydrogens (tertiary/aromatic N) is 2. The van der Waals surface area contributed by atoms with Crippen LogP contribution >= 0.6 is 0 Å². The smallest absolute Gasteiger partial charge is 0.116 e. The Hall–Kier alpha value is -1.36. The van der Waals surface area contributed by atoms with Crippen molar-refractivity contribution < 1.29 is 0 Å². The Bertz CT molecular complexity index is 243. The van der Waals surface area contributed by atoms with Crippen molar-refractivity contribution in [2.24, 2.45) is 0 Å². The molecule has 0 N–H and O–H groups in total. The van der Waals surface area contributed by atoms with Crippen molar-refractivity contribution >= 4 is 0 Å². The van der Waals surface area contributed by atoms with Crippen LogP contribution in [-0.2, 0) is 0 Å². The van der Waals surface area contributed by atoms with Crippen molar-refractivity contribution in [1.82, 2.24) is 9.97 Å². The molecule has 0 saturated carbocycles. The molecule has 0 atom stereocenters. The van der Waals surface area contributed by atoms with E-state index in [0.29, 0.717) is 0 Å². The van der Waals surface area contributed by atoms with Crippen LogP contribution < -0.4 is 0 Å². The minimum absolute atomic E-state index is 0.789. The number of hydrogen-bond donors (Lipinski definition) is 0. The van der Waals surface area contributed by atoms with E-state index < -0.39 is 0 Å². The first-order valence-corrected chi connectivity index (χ1v) is 3.18. The molecule has 10 heavy (non-hydrogen) atoms. The fraction of sp³-hybridized carbons (Fsp3) is 0.250. The zero-order valence-corrected chi connectivity index (χ0v) is 5.83. The lowest BCUT2D eigenvalue weighted by Gasteiger charge is -1.83. The Labute approximate surface area is 60.3 Å². The zero-order chi connectivity index (χ0) is 7.23. The highest BCUT2D eigenvalue weighted by Crippen LogP contribution is 1.85. The Kier molecular flexibility index (Phi) is 2.45. The summed E-state index contributed by atoms with van der Waals surface area (Å²) in [5, 5.41) is 0. The summed E-state index contributed by atoms with van der Waals surface area (Å²) < 4.78 is 0. The fourth-order valence-electron chi connectivity index (χ4n) is 0.544. The van der Waals surface area contributed by atoms with E-state index in [1.165, 1.54) is 6.33 Å². The lowest BCUT2D eigenvalue weighted by molar-refractivity contribution is 1.14. The van der Waals surface area contributed by atoms with Gasteiger partial charge in [-0.2, -0.15) is 0 Å². The van der Waals surface area contributed by atoms with Gasteiger partial charge in [0, 0.05) is 12.6 Å². The van der Waals surface area contributed by atoms with Crippen molar-refractivity contribution in [1.29, 1.82) is 0 Å². The Morgan fingerprint density at radius 2 is 2.50 bits per heavy atom. The minimum atomic E-state index is 0.789. The summed E-state index contributed by atoms with van der Waals surface area (Å²) in [6.45, 7) is 2.01. The molecule has 0 fully saturated rings. The van der Waals surface area contributed by atoms with Gasteiger partial charge < -0.3 is 0 Å². The molecule has 0 aliphatic rings. The van der Waals surface area contributed by atoms with Gasteiger partial charge in [0.15, 0.2) is 0 Å². The van der Waals surface area contributed by atoms with E-state index >= 15 is 0 Å². The minimum Gasteiger partial charge on any atom is -0.245 e. The first kappa shape index (κ1) is 6.76. The normalized spacial score (nSPS) is 8.10. The molecule has 0 radical (unpaired) electrons. The van der Waals surface area contributed by atoms with Gasteiger partial charge in [-0.05, 0) is 12.0 Å². The largest absolute Gasteiger partial charge is 0.245 e. The monoisotopic (exact) mass is 132 g/mol. The molecule has 1 aromatic rings. The summed E-state index contributed by atoms with van der Waals surface area (Å²) >= 11 is 0. The lowest BCUT2D eigenvalue weighted by atomic mass is 10.4. The van der Waals surface area contributed by atoms with Crippen molar-refractivity contribution in [3.05, 3.63) is 24.3 Å². The van der Waals surface area contributed by atoms with E-state index in [1.54, 1.807) is 12.3 Å². The summed E-state index contributed by atoms with van der Waals surface area (Å²) in [4.78, 5) is 7.71. The Morgan fingerprint density at radius 1 is 1.60 bits per heavy atom. The molecule has 1 rings (SSSR count). The first-order valence-electron chi connectivity index (χ1n) is 3.18. The molecule has 1 aromatic heterocycles. The highest BCUT2D eigenvalue weighted by atomic mass is 14.8. The Morgan fingerprint density at radius 3 is 3.10 bits per heavy atom. The SMILES string of the molecule is CCC#Cc1ccncn1. The fourth-order valence-corrected chi connectivity index (χ4v) is 0.544. The van der Waals surface area contributed by atoms with Crippen LogP contribution in [0.4, 0.5) is 0 Å². The van der Waals surface area contributed by atoms with Crippen molar-refractivity contribution in [2.45, 2.75) is 13.3 Å². The van der Waals surface area contributed by atoms with Crippen LogP contribution in [0.3, 0.4) is 0 Å². The average Bonchev–Trinajstić information content (AvgIpc) is 2.03. The average molecular weight is 132 g/mol. The van der Waals surface area contributed by atoms with Gasteiger partial charge in [0.2, 0.25) is 0 Å². The van der Waals surface area contributed by atoms with E-state index in [-0.39, 0.29) is 0 Å². The number of hydrogen-bond acceptors (Lipinski definition) is 2. The summed E-state index contributed by atoms with van der Waals surface area (Å²) in [5.41, 5.74) is 0.789. The quantitative estimate of drug-likeness (QED) is 0.496. The molecule has 0 bridgehead atoms. The number of aromatic nitrogens is 2. The molecule has 0 aliphatic heterocycles. The highest BCUT2D eigenvalue weighted by molar-refractivity contribution is 5.24. The van der Waals surface area contributed by atoms with E-state index in [2.05, 4.69) is 21.8 Å². The van der Waals surface area contributed by atoms with Gasteiger partial charge in [0.1, 0.15) is 12.0 Å². The van der Waals surface area contributed by atoms with Gasteiger partial charge in [0.05, 0.1) is 0 Å². The van der Waals surface area contributed by atoms with E-state index in [4.69, 9.17) is 0 Å². The van der Waals surface area contributed by atoms with Crippen LogP contribution in [0.25, 0.3) is 0 Å². The predicted octanol–water partition coefficient (Wildman–Crippen LogP) is 1.24.